The molecule has 1 N–H and O–H groups in total. The third kappa shape index (κ3) is 4.82. The van der Waals surface area contributed by atoms with Crippen LogP contribution in [0.15, 0.2) is 48.5 Å². The number of rotatable bonds is 4. The van der Waals surface area contributed by atoms with Gasteiger partial charge in [-0.25, -0.2) is 9.18 Å². The molecule has 2 saturated heterocycles. The molecule has 2 aromatic rings. The number of hydrogen-bond donors (Lipinski definition) is 1. The van der Waals surface area contributed by atoms with Crippen LogP contribution in [-0.4, -0.2) is 49.8 Å². The van der Waals surface area contributed by atoms with Gasteiger partial charge in [0.25, 0.3) is 0 Å². The molecule has 0 spiro atoms. The highest BCUT2D eigenvalue weighted by atomic mass is 35.5. The van der Waals surface area contributed by atoms with Gasteiger partial charge >= 0.3 is 6.03 Å². The summed E-state index contributed by atoms with van der Waals surface area (Å²) in [6.45, 7) is 3.43. The van der Waals surface area contributed by atoms with Gasteiger partial charge in [-0.15, -0.1) is 0 Å². The van der Waals surface area contributed by atoms with Gasteiger partial charge in [-0.2, -0.15) is 0 Å². The number of urea groups is 1. The summed E-state index contributed by atoms with van der Waals surface area (Å²) in [6.07, 6.45) is 1.76. The number of amides is 2. The molecule has 0 bridgehead atoms. The Labute approximate surface area is 175 Å². The van der Waals surface area contributed by atoms with Gasteiger partial charge in [-0.3, -0.25) is 0 Å². The van der Waals surface area contributed by atoms with Crippen LogP contribution in [0.5, 0.6) is 0 Å². The molecular formula is C22H25ClFN3O2. The Balaban J connectivity index is 1.40. The number of halogens is 2. The molecule has 2 heterocycles. The number of nitrogens with zero attached hydrogens (tertiary/aromatic N) is 2. The van der Waals surface area contributed by atoms with Crippen LogP contribution in [0.3, 0.4) is 0 Å². The third-order valence-corrected chi connectivity index (χ3v) is 5.82. The maximum Gasteiger partial charge on any atom is 0.318 e. The van der Waals surface area contributed by atoms with Crippen molar-refractivity contribution < 1.29 is 13.9 Å². The van der Waals surface area contributed by atoms with E-state index in [1.54, 1.807) is 12.1 Å². The van der Waals surface area contributed by atoms with E-state index in [4.69, 9.17) is 16.3 Å². The van der Waals surface area contributed by atoms with E-state index in [9.17, 15) is 9.18 Å². The van der Waals surface area contributed by atoms with Gasteiger partial charge in [0, 0.05) is 43.5 Å². The molecule has 29 heavy (non-hydrogen) atoms. The van der Waals surface area contributed by atoms with Gasteiger partial charge < -0.3 is 19.9 Å². The van der Waals surface area contributed by atoms with Crippen LogP contribution in [0.4, 0.5) is 14.9 Å². The molecule has 2 atom stereocenters. The van der Waals surface area contributed by atoms with Crippen LogP contribution in [0.2, 0.25) is 5.02 Å². The van der Waals surface area contributed by atoms with Crippen molar-refractivity contribution in [3.05, 3.63) is 64.9 Å². The average molecular weight is 418 g/mol. The summed E-state index contributed by atoms with van der Waals surface area (Å²) in [7, 11) is 0. The van der Waals surface area contributed by atoms with Crippen molar-refractivity contribution in [3.8, 4) is 0 Å². The number of ether oxygens (including phenoxy) is 1. The first kappa shape index (κ1) is 20.0. The summed E-state index contributed by atoms with van der Waals surface area (Å²) in [6, 6.07) is 13.7. The minimum absolute atomic E-state index is 0.0860. The standard InChI is InChI=1S/C22H25ClFN3O2/c23-17-3-1-4-19(15-17)26-10-12-27(13-11-26)22(28)25-21(20-5-2-14-29-20)16-6-8-18(24)9-7-16/h1,3-4,6-9,15,20-21H,2,5,10-14H2,(H,25,28)/t20-,21+/m1/s1. The van der Waals surface area contributed by atoms with Gasteiger partial charge in [-0.1, -0.05) is 29.8 Å². The van der Waals surface area contributed by atoms with Crippen molar-refractivity contribution >= 4 is 23.3 Å². The lowest BCUT2D eigenvalue weighted by Gasteiger charge is -2.37. The lowest BCUT2D eigenvalue weighted by molar-refractivity contribution is 0.0777. The van der Waals surface area contributed by atoms with Gasteiger partial charge in [0.1, 0.15) is 5.82 Å². The molecule has 7 heteroatoms. The second-order valence-electron chi connectivity index (χ2n) is 7.48. The average Bonchev–Trinajstić information content (AvgIpc) is 3.27. The fraction of sp³-hybridized carbons (Fsp3) is 0.409. The van der Waals surface area contributed by atoms with Gasteiger partial charge in [0.15, 0.2) is 0 Å². The highest BCUT2D eigenvalue weighted by Crippen LogP contribution is 2.28. The molecule has 0 aliphatic carbocycles. The second kappa shape index (κ2) is 9.01. The monoisotopic (exact) mass is 417 g/mol. The summed E-state index contributed by atoms with van der Waals surface area (Å²) in [4.78, 5) is 17.0. The van der Waals surface area contributed by atoms with E-state index in [1.165, 1.54) is 12.1 Å². The Morgan fingerprint density at radius 1 is 1.14 bits per heavy atom. The number of benzene rings is 2. The maximum atomic E-state index is 13.3. The predicted molar refractivity (Wildman–Crippen MR) is 112 cm³/mol. The minimum Gasteiger partial charge on any atom is -0.376 e. The number of anilines is 1. The Morgan fingerprint density at radius 3 is 2.55 bits per heavy atom. The topological polar surface area (TPSA) is 44.8 Å². The van der Waals surface area contributed by atoms with E-state index < -0.39 is 0 Å². The molecule has 4 rings (SSSR count). The summed E-state index contributed by atoms with van der Waals surface area (Å²) in [5, 5.41) is 3.84. The molecule has 154 valence electrons. The molecule has 2 amide bonds. The quantitative estimate of drug-likeness (QED) is 0.809. The molecule has 0 radical (unpaired) electrons. The third-order valence-electron chi connectivity index (χ3n) is 5.59. The Hall–Kier alpha value is -2.31. The number of piperazine rings is 1. The summed E-state index contributed by atoms with van der Waals surface area (Å²) >= 11 is 6.09. The Morgan fingerprint density at radius 2 is 1.90 bits per heavy atom. The van der Waals surface area contributed by atoms with E-state index in [0.717, 1.165) is 37.2 Å². The zero-order chi connectivity index (χ0) is 20.2. The molecule has 2 aliphatic heterocycles. The van der Waals surface area contributed by atoms with Gasteiger partial charge in [0.2, 0.25) is 0 Å². The fourth-order valence-electron chi connectivity index (χ4n) is 3.99. The molecular weight excluding hydrogens is 393 g/mol. The van der Waals surface area contributed by atoms with Crippen molar-refractivity contribution in [3.63, 3.8) is 0 Å². The molecule has 2 aromatic carbocycles. The smallest absolute Gasteiger partial charge is 0.318 e. The molecule has 0 unspecified atom stereocenters. The number of carbonyl (C=O) groups excluding carboxylic acids is 1. The van der Waals surface area contributed by atoms with Crippen LogP contribution in [-0.2, 0) is 4.74 Å². The van der Waals surface area contributed by atoms with E-state index in [-0.39, 0.29) is 24.0 Å². The SMILES string of the molecule is O=C(N[C@@H](c1ccc(F)cc1)[C@H]1CCCO1)N1CCN(c2cccc(Cl)c2)CC1. The van der Waals surface area contributed by atoms with E-state index in [0.29, 0.717) is 24.7 Å². The lowest BCUT2D eigenvalue weighted by Crippen LogP contribution is -2.53. The minimum atomic E-state index is -0.289. The number of carbonyl (C=O) groups is 1. The van der Waals surface area contributed by atoms with Crippen molar-refractivity contribution in [2.75, 3.05) is 37.7 Å². The zero-order valence-electron chi connectivity index (χ0n) is 16.2. The number of nitrogens with one attached hydrogen (secondary N) is 1. The lowest BCUT2D eigenvalue weighted by atomic mass is 9.99. The molecule has 2 fully saturated rings. The molecule has 0 saturated carbocycles. The van der Waals surface area contributed by atoms with E-state index >= 15 is 0 Å². The maximum absolute atomic E-state index is 13.3. The summed E-state index contributed by atoms with van der Waals surface area (Å²) < 4.78 is 19.2. The second-order valence-corrected chi connectivity index (χ2v) is 7.92. The van der Waals surface area contributed by atoms with E-state index in [2.05, 4.69) is 10.2 Å². The first-order valence-corrected chi connectivity index (χ1v) is 10.4. The van der Waals surface area contributed by atoms with Gasteiger partial charge in [0.05, 0.1) is 12.1 Å². The highest BCUT2D eigenvalue weighted by molar-refractivity contribution is 6.30. The summed E-state index contributed by atoms with van der Waals surface area (Å²) in [5.41, 5.74) is 1.94. The van der Waals surface area contributed by atoms with Crippen LogP contribution < -0.4 is 10.2 Å². The van der Waals surface area contributed by atoms with Crippen LogP contribution in [0.25, 0.3) is 0 Å². The molecule has 0 aromatic heterocycles. The largest absolute Gasteiger partial charge is 0.376 e. The van der Waals surface area contributed by atoms with Crippen molar-refractivity contribution in [1.82, 2.24) is 10.2 Å². The predicted octanol–water partition coefficient (Wildman–Crippen LogP) is 4.23. The van der Waals surface area contributed by atoms with Gasteiger partial charge in [-0.05, 0) is 48.7 Å². The van der Waals surface area contributed by atoms with Crippen molar-refractivity contribution in [2.24, 2.45) is 0 Å². The van der Waals surface area contributed by atoms with Crippen LogP contribution in [0, 0.1) is 5.82 Å². The first-order valence-electron chi connectivity index (χ1n) is 10.0. The fourth-order valence-corrected chi connectivity index (χ4v) is 4.18. The number of hydrogen-bond acceptors (Lipinski definition) is 3. The normalized spacial score (nSPS) is 20.6. The van der Waals surface area contributed by atoms with Crippen LogP contribution >= 0.6 is 11.6 Å². The zero-order valence-corrected chi connectivity index (χ0v) is 16.9. The Kier molecular flexibility index (Phi) is 6.21. The first-order chi connectivity index (χ1) is 14.1. The Bertz CT molecular complexity index is 834. The van der Waals surface area contributed by atoms with Crippen molar-refractivity contribution in [1.29, 1.82) is 0 Å². The van der Waals surface area contributed by atoms with Crippen LogP contribution in [0.1, 0.15) is 24.4 Å². The van der Waals surface area contributed by atoms with E-state index in [1.807, 2.05) is 29.2 Å². The molecule has 2 aliphatic rings. The summed E-state index contributed by atoms with van der Waals surface area (Å²) in [5.74, 6) is -0.289. The molecule has 5 nitrogen and oxygen atoms in total. The highest BCUT2D eigenvalue weighted by Gasteiger charge is 2.31. The van der Waals surface area contributed by atoms with Crippen molar-refractivity contribution in [2.45, 2.75) is 25.0 Å².